The van der Waals surface area contributed by atoms with Crippen molar-refractivity contribution in [2.45, 2.75) is 37.4 Å². The first-order valence-corrected chi connectivity index (χ1v) is 7.57. The summed E-state index contributed by atoms with van der Waals surface area (Å²) in [6.07, 6.45) is 6.34. The minimum absolute atomic E-state index is 0.160. The summed E-state index contributed by atoms with van der Waals surface area (Å²) in [6.45, 7) is 0. The monoisotopic (exact) mass is 300 g/mol. The largest absolute Gasteiger partial charge is 0.342 e. The molecule has 2 saturated heterocycles. The Morgan fingerprint density at radius 2 is 2.23 bits per heavy atom. The van der Waals surface area contributed by atoms with E-state index in [-0.39, 0.29) is 17.9 Å². The highest BCUT2D eigenvalue weighted by atomic mass is 19.1. The van der Waals surface area contributed by atoms with Crippen LogP contribution in [0.3, 0.4) is 0 Å². The zero-order valence-corrected chi connectivity index (χ0v) is 12.0. The highest BCUT2D eigenvalue weighted by Crippen LogP contribution is 2.28. The summed E-state index contributed by atoms with van der Waals surface area (Å²) in [6, 6.07) is 7.27. The Labute approximate surface area is 127 Å². The van der Waals surface area contributed by atoms with Gasteiger partial charge in [-0.3, -0.25) is 0 Å². The van der Waals surface area contributed by atoms with E-state index in [0.717, 1.165) is 12.8 Å². The number of fused-ring (bicyclic) bond motifs is 2. The Kier molecular flexibility index (Phi) is 3.18. The molecule has 1 aromatic heterocycles. The molecule has 1 amide bonds. The van der Waals surface area contributed by atoms with E-state index < -0.39 is 0 Å². The van der Waals surface area contributed by atoms with Gasteiger partial charge in [0, 0.05) is 35.4 Å². The van der Waals surface area contributed by atoms with Crippen molar-refractivity contribution in [2.75, 3.05) is 0 Å². The third-order valence-electron chi connectivity index (χ3n) is 4.58. The first-order chi connectivity index (χ1) is 10.7. The van der Waals surface area contributed by atoms with Gasteiger partial charge in [0.05, 0.1) is 6.20 Å². The lowest BCUT2D eigenvalue weighted by Crippen LogP contribution is -2.44. The zero-order valence-electron chi connectivity index (χ0n) is 12.0. The van der Waals surface area contributed by atoms with Crippen LogP contribution in [0.5, 0.6) is 0 Å². The number of carbonyl (C=O) groups excluding carboxylic acids is 1. The van der Waals surface area contributed by atoms with Gasteiger partial charge in [0.25, 0.3) is 0 Å². The molecule has 0 radical (unpaired) electrons. The van der Waals surface area contributed by atoms with Crippen LogP contribution in [0.4, 0.5) is 9.18 Å². The fraction of sp³-hybridized carbons (Fsp3) is 0.375. The smallest absolute Gasteiger partial charge is 0.332 e. The van der Waals surface area contributed by atoms with Crippen LogP contribution in [0.25, 0.3) is 11.1 Å². The molecule has 2 aromatic rings. The Morgan fingerprint density at radius 3 is 2.95 bits per heavy atom. The highest BCUT2D eigenvalue weighted by Gasteiger charge is 2.39. The number of hydrogen-bond acceptors (Lipinski definition) is 3. The van der Waals surface area contributed by atoms with Crippen molar-refractivity contribution in [1.82, 2.24) is 20.4 Å². The van der Waals surface area contributed by atoms with Crippen molar-refractivity contribution in [2.24, 2.45) is 0 Å². The van der Waals surface area contributed by atoms with Crippen molar-refractivity contribution < 1.29 is 9.18 Å². The zero-order chi connectivity index (χ0) is 15.1. The molecule has 2 N–H and O–H groups in total. The van der Waals surface area contributed by atoms with Crippen LogP contribution in [0.15, 0.2) is 36.7 Å². The van der Waals surface area contributed by atoms with Crippen LogP contribution >= 0.6 is 0 Å². The van der Waals surface area contributed by atoms with Gasteiger partial charge in [-0.1, -0.05) is 18.2 Å². The van der Waals surface area contributed by atoms with Gasteiger partial charge in [-0.15, -0.1) is 0 Å². The third-order valence-corrected chi connectivity index (χ3v) is 4.58. The maximum Gasteiger partial charge on any atom is 0.342 e. The van der Waals surface area contributed by atoms with Crippen molar-refractivity contribution in [3.05, 3.63) is 42.5 Å². The predicted molar refractivity (Wildman–Crippen MR) is 79.9 cm³/mol. The topological polar surface area (TPSA) is 59.0 Å². The fourth-order valence-corrected chi connectivity index (χ4v) is 3.48. The lowest BCUT2D eigenvalue weighted by molar-refractivity contribution is 0.233. The van der Waals surface area contributed by atoms with E-state index in [2.05, 4.69) is 15.7 Å². The fourth-order valence-electron chi connectivity index (χ4n) is 3.48. The Morgan fingerprint density at radius 1 is 1.36 bits per heavy atom. The minimum Gasteiger partial charge on any atom is -0.332 e. The van der Waals surface area contributed by atoms with E-state index in [4.69, 9.17) is 0 Å². The van der Waals surface area contributed by atoms with Crippen LogP contribution in [-0.4, -0.2) is 33.9 Å². The van der Waals surface area contributed by atoms with Crippen molar-refractivity contribution >= 4 is 6.03 Å². The normalized spacial score (nSPS) is 26.3. The number of halogens is 1. The Bertz CT molecular complexity index is 714. The second-order valence-corrected chi connectivity index (χ2v) is 5.99. The molecular weight excluding hydrogens is 283 g/mol. The molecule has 0 spiro atoms. The van der Waals surface area contributed by atoms with Gasteiger partial charge < -0.3 is 10.6 Å². The molecule has 1 aromatic carbocycles. The van der Waals surface area contributed by atoms with E-state index in [9.17, 15) is 9.18 Å². The second-order valence-electron chi connectivity index (χ2n) is 5.99. The molecule has 22 heavy (non-hydrogen) atoms. The summed E-state index contributed by atoms with van der Waals surface area (Å²) < 4.78 is 15.0. The molecular formula is C16H17FN4O. The van der Waals surface area contributed by atoms with Gasteiger partial charge in [-0.2, -0.15) is 9.78 Å². The molecule has 2 aliphatic rings. The Hall–Kier alpha value is -2.21. The second kappa shape index (κ2) is 5.21. The van der Waals surface area contributed by atoms with Crippen molar-refractivity contribution in [3.8, 4) is 11.1 Å². The standard InChI is InChI=1S/C16H17FN4O/c17-13-4-2-1-3-12(13)10-8-18-21(9-10)16(22)20-15-7-11-5-6-14(15)19-11/h1-4,8-9,11,14-15,19H,5-7H2,(H,20,22)/t11-,14+,15-/m1/s1. The molecule has 6 heteroatoms. The molecule has 5 nitrogen and oxygen atoms in total. The highest BCUT2D eigenvalue weighted by molar-refractivity contribution is 5.78. The van der Waals surface area contributed by atoms with Crippen LogP contribution in [0, 0.1) is 5.82 Å². The minimum atomic E-state index is -0.320. The van der Waals surface area contributed by atoms with Gasteiger partial charge in [-0.25, -0.2) is 9.18 Å². The molecule has 114 valence electrons. The summed E-state index contributed by atoms with van der Waals surface area (Å²) >= 11 is 0. The summed E-state index contributed by atoms with van der Waals surface area (Å²) in [5.74, 6) is -0.320. The van der Waals surface area contributed by atoms with E-state index in [1.807, 2.05) is 0 Å². The summed E-state index contributed by atoms with van der Waals surface area (Å²) in [5.41, 5.74) is 1.04. The number of benzene rings is 1. The van der Waals surface area contributed by atoms with Crippen molar-refractivity contribution in [3.63, 3.8) is 0 Å². The summed E-state index contributed by atoms with van der Waals surface area (Å²) in [4.78, 5) is 12.3. The van der Waals surface area contributed by atoms with Crippen molar-refractivity contribution in [1.29, 1.82) is 0 Å². The lowest BCUT2D eigenvalue weighted by atomic mass is 9.96. The van der Waals surface area contributed by atoms with Gasteiger partial charge >= 0.3 is 6.03 Å². The van der Waals surface area contributed by atoms with Crippen LogP contribution in [0.2, 0.25) is 0 Å². The number of hydrogen-bond donors (Lipinski definition) is 2. The average Bonchev–Trinajstić information content (AvgIpc) is 3.24. The van der Waals surface area contributed by atoms with Gasteiger partial charge in [0.15, 0.2) is 0 Å². The maximum atomic E-state index is 13.8. The SMILES string of the molecule is O=C(N[C@@H]1C[C@H]2CC[C@@H]1N2)n1cc(-c2ccccc2F)cn1. The quantitative estimate of drug-likeness (QED) is 0.893. The van der Waals surface area contributed by atoms with Crippen LogP contribution < -0.4 is 10.6 Å². The van der Waals surface area contributed by atoms with Gasteiger partial charge in [-0.05, 0) is 25.3 Å². The van der Waals surface area contributed by atoms with Crippen LogP contribution in [0.1, 0.15) is 19.3 Å². The first-order valence-electron chi connectivity index (χ1n) is 7.57. The third kappa shape index (κ3) is 2.29. The number of aromatic nitrogens is 2. The number of rotatable bonds is 2. The van der Waals surface area contributed by atoms with Crippen LogP contribution in [-0.2, 0) is 0 Å². The van der Waals surface area contributed by atoms with E-state index in [0.29, 0.717) is 23.2 Å². The molecule has 3 atom stereocenters. The molecule has 2 bridgehead atoms. The molecule has 2 aliphatic heterocycles. The van der Waals surface area contributed by atoms with E-state index in [1.54, 1.807) is 24.4 Å². The molecule has 2 fully saturated rings. The summed E-state index contributed by atoms with van der Waals surface area (Å²) in [7, 11) is 0. The molecule has 0 unspecified atom stereocenters. The average molecular weight is 300 g/mol. The van der Waals surface area contributed by atoms with E-state index in [1.165, 1.54) is 23.4 Å². The molecule has 4 rings (SSSR count). The van der Waals surface area contributed by atoms with Gasteiger partial charge in [0.1, 0.15) is 5.82 Å². The number of carbonyl (C=O) groups is 1. The molecule has 3 heterocycles. The first kappa shape index (κ1) is 13.5. The Balaban J connectivity index is 1.49. The molecule has 0 aliphatic carbocycles. The summed E-state index contributed by atoms with van der Waals surface area (Å²) in [5, 5.41) is 10.5. The van der Waals surface area contributed by atoms with E-state index >= 15 is 0 Å². The van der Waals surface area contributed by atoms with Gasteiger partial charge in [0.2, 0.25) is 0 Å². The maximum absolute atomic E-state index is 13.8. The predicted octanol–water partition coefficient (Wildman–Crippen LogP) is 2.14. The number of amides is 1. The lowest BCUT2D eigenvalue weighted by Gasteiger charge is -2.21. The molecule has 0 saturated carbocycles. The number of nitrogens with zero attached hydrogens (tertiary/aromatic N) is 2. The number of nitrogens with one attached hydrogen (secondary N) is 2.